The lowest BCUT2D eigenvalue weighted by atomic mass is 10.7. The van der Waals surface area contributed by atoms with Gasteiger partial charge in [0.25, 0.3) is 0 Å². The number of hydrogen-bond acceptors (Lipinski definition) is 5. The Kier molecular flexibility index (Phi) is 6.10. The summed E-state index contributed by atoms with van der Waals surface area (Å²) in [7, 11) is -3.01. The van der Waals surface area contributed by atoms with Crippen molar-refractivity contribution in [3.8, 4) is 0 Å². The number of rotatable bonds is 6. The van der Waals surface area contributed by atoms with Gasteiger partial charge in [-0.15, -0.1) is 11.3 Å². The van der Waals surface area contributed by atoms with E-state index in [0.29, 0.717) is 5.75 Å². The van der Waals surface area contributed by atoms with Gasteiger partial charge in [-0.05, 0) is 0 Å². The fraction of sp³-hybridized carbons (Fsp3) is 0.500. The molecule has 0 aliphatic carbocycles. The first-order valence-corrected chi connectivity index (χ1v) is 8.57. The maximum Gasteiger partial charge on any atom is 0.432 e. The summed E-state index contributed by atoms with van der Waals surface area (Å²) in [6.07, 6.45) is 1.73. The van der Waals surface area contributed by atoms with Crippen LogP contribution in [0.4, 0.5) is 0 Å². The largest absolute Gasteiger partial charge is 0.432 e. The van der Waals surface area contributed by atoms with Crippen LogP contribution < -0.4 is 5.73 Å². The molecule has 1 aromatic rings. The van der Waals surface area contributed by atoms with Gasteiger partial charge in [0, 0.05) is 36.7 Å². The van der Waals surface area contributed by atoms with Gasteiger partial charge >= 0.3 is 7.75 Å². The van der Waals surface area contributed by atoms with E-state index in [-0.39, 0.29) is 12.5 Å². The first-order chi connectivity index (χ1) is 8.45. The standard InChI is InChI=1S/C8H15N4O3PS2/c1-10-8(9)12(16(13,14)15)3-5-17-6-7-11-2-4-18-7/h2,4H,3,5-6H2,1H3,(H2,9,10)(H2,13,14,15). The van der Waals surface area contributed by atoms with Crippen LogP contribution in [0.25, 0.3) is 0 Å². The molecule has 0 bridgehead atoms. The molecule has 0 saturated carbocycles. The zero-order valence-electron chi connectivity index (χ0n) is 9.76. The van der Waals surface area contributed by atoms with Crippen LogP contribution in [0, 0.1) is 0 Å². The minimum absolute atomic E-state index is 0.142. The van der Waals surface area contributed by atoms with Crippen molar-refractivity contribution in [2.75, 3.05) is 19.3 Å². The number of aliphatic imine (C=N–C) groups is 1. The number of nitrogens with zero attached hydrogens (tertiary/aromatic N) is 3. The summed E-state index contributed by atoms with van der Waals surface area (Å²) in [5.41, 5.74) is 5.44. The molecule has 0 radical (unpaired) electrons. The van der Waals surface area contributed by atoms with Gasteiger partial charge in [0.15, 0.2) is 5.96 Å². The van der Waals surface area contributed by atoms with Gasteiger partial charge < -0.3 is 15.5 Å². The van der Waals surface area contributed by atoms with Crippen LogP contribution in [0.3, 0.4) is 0 Å². The highest BCUT2D eigenvalue weighted by Gasteiger charge is 2.26. The molecule has 18 heavy (non-hydrogen) atoms. The van der Waals surface area contributed by atoms with Gasteiger partial charge in [0.1, 0.15) is 5.01 Å². The smallest absolute Gasteiger partial charge is 0.369 e. The molecule has 0 fully saturated rings. The van der Waals surface area contributed by atoms with Crippen molar-refractivity contribution in [2.24, 2.45) is 10.7 Å². The molecule has 1 aromatic heterocycles. The molecule has 0 unspecified atom stereocenters. The van der Waals surface area contributed by atoms with Crippen LogP contribution in [-0.2, 0) is 10.3 Å². The molecule has 102 valence electrons. The Morgan fingerprint density at radius 1 is 1.72 bits per heavy atom. The number of thiazole rings is 1. The van der Waals surface area contributed by atoms with E-state index in [4.69, 9.17) is 15.5 Å². The third-order valence-electron chi connectivity index (χ3n) is 1.96. The molecule has 1 heterocycles. The fourth-order valence-electron chi connectivity index (χ4n) is 1.13. The summed E-state index contributed by atoms with van der Waals surface area (Å²) in [6.45, 7) is 0.142. The summed E-state index contributed by atoms with van der Waals surface area (Å²) < 4.78 is 12.0. The first-order valence-electron chi connectivity index (χ1n) is 4.97. The summed E-state index contributed by atoms with van der Waals surface area (Å²) in [5, 5.41) is 2.87. The van der Waals surface area contributed by atoms with Crippen molar-refractivity contribution < 1.29 is 14.4 Å². The molecule has 0 aliphatic rings. The minimum Gasteiger partial charge on any atom is -0.369 e. The summed E-state index contributed by atoms with van der Waals surface area (Å²) in [4.78, 5) is 25.9. The lowest BCUT2D eigenvalue weighted by Crippen LogP contribution is -2.36. The fourth-order valence-corrected chi connectivity index (χ4v) is 3.61. The van der Waals surface area contributed by atoms with Crippen molar-refractivity contribution >= 4 is 36.8 Å². The van der Waals surface area contributed by atoms with Crippen molar-refractivity contribution in [2.45, 2.75) is 5.75 Å². The Hall–Kier alpha value is -0.600. The van der Waals surface area contributed by atoms with E-state index in [1.807, 2.05) is 5.38 Å². The lowest BCUT2D eigenvalue weighted by molar-refractivity contribution is 0.319. The quantitative estimate of drug-likeness (QED) is 0.307. The lowest BCUT2D eigenvalue weighted by Gasteiger charge is -2.23. The monoisotopic (exact) mass is 310 g/mol. The minimum atomic E-state index is -4.40. The molecular formula is C8H15N4O3PS2. The summed E-state index contributed by atoms with van der Waals surface area (Å²) in [6, 6.07) is 0. The van der Waals surface area contributed by atoms with Crippen LogP contribution in [0.1, 0.15) is 5.01 Å². The van der Waals surface area contributed by atoms with Gasteiger partial charge in [-0.1, -0.05) is 0 Å². The Balaban J connectivity index is 2.41. The Bertz CT molecular complexity index is 434. The second-order valence-corrected chi connectivity index (χ2v) is 6.79. The van der Waals surface area contributed by atoms with E-state index >= 15 is 0 Å². The van der Waals surface area contributed by atoms with Crippen molar-refractivity contribution in [1.29, 1.82) is 0 Å². The molecule has 10 heteroatoms. The summed E-state index contributed by atoms with van der Waals surface area (Å²) in [5.74, 6) is 1.09. The van der Waals surface area contributed by atoms with Gasteiger partial charge in [0.05, 0.1) is 0 Å². The average molecular weight is 310 g/mol. The third kappa shape index (κ3) is 4.95. The average Bonchev–Trinajstić information content (AvgIpc) is 2.79. The van der Waals surface area contributed by atoms with Crippen molar-refractivity contribution in [1.82, 2.24) is 9.65 Å². The third-order valence-corrected chi connectivity index (χ3v) is 4.91. The van der Waals surface area contributed by atoms with Crippen molar-refractivity contribution in [3.63, 3.8) is 0 Å². The molecule has 0 amide bonds. The second kappa shape index (κ2) is 7.10. The zero-order chi connectivity index (χ0) is 13.6. The van der Waals surface area contributed by atoms with E-state index in [0.717, 1.165) is 15.4 Å². The van der Waals surface area contributed by atoms with Crippen LogP contribution >= 0.6 is 30.8 Å². The second-order valence-electron chi connectivity index (χ2n) is 3.20. The topological polar surface area (TPSA) is 112 Å². The summed E-state index contributed by atoms with van der Waals surface area (Å²) >= 11 is 3.09. The van der Waals surface area contributed by atoms with E-state index in [2.05, 4.69) is 9.98 Å². The zero-order valence-corrected chi connectivity index (χ0v) is 12.3. The molecule has 0 aromatic carbocycles. The van der Waals surface area contributed by atoms with Gasteiger partial charge in [-0.2, -0.15) is 11.8 Å². The van der Waals surface area contributed by atoms with E-state index in [1.165, 1.54) is 18.8 Å². The number of hydrogen-bond donors (Lipinski definition) is 3. The molecule has 1 rings (SSSR count). The van der Waals surface area contributed by atoms with Crippen LogP contribution in [0.5, 0.6) is 0 Å². The molecule has 0 saturated heterocycles. The van der Waals surface area contributed by atoms with Crippen molar-refractivity contribution in [3.05, 3.63) is 16.6 Å². The van der Waals surface area contributed by atoms with Gasteiger partial charge in [-0.25, -0.2) is 14.2 Å². The van der Waals surface area contributed by atoms with Crippen LogP contribution in [0.2, 0.25) is 0 Å². The molecule has 4 N–H and O–H groups in total. The van der Waals surface area contributed by atoms with Gasteiger partial charge in [0.2, 0.25) is 0 Å². The van der Waals surface area contributed by atoms with Gasteiger partial charge in [-0.3, -0.25) is 4.99 Å². The SMILES string of the molecule is CN=C(N)N(CCSCc1nccs1)P(=O)(O)O. The highest BCUT2D eigenvalue weighted by Crippen LogP contribution is 2.39. The molecule has 0 aliphatic heterocycles. The maximum absolute atomic E-state index is 11.2. The van der Waals surface area contributed by atoms with E-state index in [1.54, 1.807) is 17.5 Å². The Labute approximate surface area is 113 Å². The normalized spacial score (nSPS) is 12.7. The molecule has 7 nitrogen and oxygen atoms in total. The first kappa shape index (κ1) is 15.5. The highest BCUT2D eigenvalue weighted by molar-refractivity contribution is 7.98. The molecular weight excluding hydrogens is 295 g/mol. The van der Waals surface area contributed by atoms with E-state index < -0.39 is 7.75 Å². The Morgan fingerprint density at radius 3 is 2.94 bits per heavy atom. The number of aromatic nitrogens is 1. The Morgan fingerprint density at radius 2 is 2.44 bits per heavy atom. The van der Waals surface area contributed by atoms with Crippen LogP contribution in [0.15, 0.2) is 16.6 Å². The molecule has 0 atom stereocenters. The highest BCUT2D eigenvalue weighted by atomic mass is 32.2. The maximum atomic E-state index is 11.2. The number of nitrogens with two attached hydrogens (primary N) is 1. The molecule has 0 spiro atoms. The predicted octanol–water partition coefficient (Wildman–Crippen LogP) is 0.715. The van der Waals surface area contributed by atoms with E-state index in [9.17, 15) is 4.57 Å². The number of thioether (sulfide) groups is 1. The predicted molar refractivity (Wildman–Crippen MR) is 74.6 cm³/mol. The van der Waals surface area contributed by atoms with Crippen LogP contribution in [-0.4, -0.2) is 44.7 Å². The number of guanidine groups is 1.